The molecule has 2 heterocycles. The zero-order valence-corrected chi connectivity index (χ0v) is 11.7. The van der Waals surface area contributed by atoms with E-state index in [0.717, 1.165) is 13.1 Å². The highest BCUT2D eigenvalue weighted by atomic mass is 32.1. The molecule has 0 aromatic carbocycles. The SMILES string of the molecule is CN(C)C(CNCc1ccncc1)c1cccs1. The maximum absolute atomic E-state index is 4.02. The molecule has 0 saturated heterocycles. The van der Waals surface area contributed by atoms with E-state index in [4.69, 9.17) is 0 Å². The zero-order chi connectivity index (χ0) is 12.8. The Kier molecular flexibility index (Phi) is 4.87. The number of hydrogen-bond acceptors (Lipinski definition) is 4. The maximum atomic E-state index is 4.02. The van der Waals surface area contributed by atoms with E-state index in [9.17, 15) is 0 Å². The lowest BCUT2D eigenvalue weighted by Crippen LogP contribution is -2.30. The average Bonchev–Trinajstić information content (AvgIpc) is 2.89. The summed E-state index contributed by atoms with van der Waals surface area (Å²) in [5.74, 6) is 0. The van der Waals surface area contributed by atoms with Gasteiger partial charge in [0.25, 0.3) is 0 Å². The fraction of sp³-hybridized carbons (Fsp3) is 0.357. The van der Waals surface area contributed by atoms with Gasteiger partial charge in [-0.05, 0) is 43.2 Å². The predicted molar refractivity (Wildman–Crippen MR) is 76.7 cm³/mol. The number of hydrogen-bond donors (Lipinski definition) is 1. The van der Waals surface area contributed by atoms with Crippen LogP contribution in [0.3, 0.4) is 0 Å². The summed E-state index contributed by atoms with van der Waals surface area (Å²) in [5.41, 5.74) is 1.27. The number of likely N-dealkylation sites (N-methyl/N-ethyl adjacent to an activating group) is 1. The van der Waals surface area contributed by atoms with Gasteiger partial charge in [-0.25, -0.2) is 0 Å². The average molecular weight is 261 g/mol. The largest absolute Gasteiger partial charge is 0.311 e. The maximum Gasteiger partial charge on any atom is 0.0561 e. The fourth-order valence-electron chi connectivity index (χ4n) is 1.87. The molecule has 0 aliphatic rings. The highest BCUT2D eigenvalue weighted by Crippen LogP contribution is 2.22. The molecule has 0 spiro atoms. The van der Waals surface area contributed by atoms with Crippen molar-refractivity contribution in [3.63, 3.8) is 0 Å². The Morgan fingerprint density at radius 2 is 2.06 bits per heavy atom. The lowest BCUT2D eigenvalue weighted by molar-refractivity contribution is 0.292. The summed E-state index contributed by atoms with van der Waals surface area (Å²) >= 11 is 1.81. The molecule has 0 saturated carbocycles. The highest BCUT2D eigenvalue weighted by molar-refractivity contribution is 7.10. The number of aromatic nitrogens is 1. The first kappa shape index (κ1) is 13.2. The van der Waals surface area contributed by atoms with Crippen molar-refractivity contribution in [2.24, 2.45) is 0 Å². The minimum Gasteiger partial charge on any atom is -0.311 e. The second kappa shape index (κ2) is 6.64. The number of nitrogens with one attached hydrogen (secondary N) is 1. The van der Waals surface area contributed by atoms with Gasteiger partial charge in [-0.3, -0.25) is 4.98 Å². The van der Waals surface area contributed by atoms with E-state index in [1.54, 1.807) is 0 Å². The quantitative estimate of drug-likeness (QED) is 0.866. The van der Waals surface area contributed by atoms with Crippen molar-refractivity contribution in [1.82, 2.24) is 15.2 Å². The molecule has 2 aromatic rings. The van der Waals surface area contributed by atoms with Crippen molar-refractivity contribution < 1.29 is 0 Å². The van der Waals surface area contributed by atoms with Crippen LogP contribution in [-0.4, -0.2) is 30.5 Å². The molecule has 0 radical (unpaired) electrons. The second-order valence-corrected chi connectivity index (χ2v) is 5.46. The zero-order valence-electron chi connectivity index (χ0n) is 10.8. The summed E-state index contributed by atoms with van der Waals surface area (Å²) in [6.45, 7) is 1.84. The van der Waals surface area contributed by atoms with Crippen LogP contribution in [0.1, 0.15) is 16.5 Å². The van der Waals surface area contributed by atoms with Gasteiger partial charge in [0.15, 0.2) is 0 Å². The van der Waals surface area contributed by atoms with Gasteiger partial charge < -0.3 is 10.2 Å². The van der Waals surface area contributed by atoms with E-state index in [0.29, 0.717) is 6.04 Å². The number of rotatable bonds is 6. The highest BCUT2D eigenvalue weighted by Gasteiger charge is 2.14. The van der Waals surface area contributed by atoms with Gasteiger partial charge in [-0.2, -0.15) is 0 Å². The molecular formula is C14H19N3S. The van der Waals surface area contributed by atoms with Crippen molar-refractivity contribution >= 4 is 11.3 Å². The van der Waals surface area contributed by atoms with Crippen molar-refractivity contribution in [2.45, 2.75) is 12.6 Å². The molecule has 1 atom stereocenters. The third kappa shape index (κ3) is 3.63. The summed E-state index contributed by atoms with van der Waals surface area (Å²) in [6, 6.07) is 8.83. The van der Waals surface area contributed by atoms with Crippen LogP contribution in [0, 0.1) is 0 Å². The van der Waals surface area contributed by atoms with Crippen LogP contribution in [0.15, 0.2) is 42.0 Å². The molecular weight excluding hydrogens is 242 g/mol. The molecule has 0 bridgehead atoms. The van der Waals surface area contributed by atoms with Gasteiger partial charge in [0.2, 0.25) is 0 Å². The Bertz CT molecular complexity index is 439. The van der Waals surface area contributed by atoms with Gasteiger partial charge in [0.1, 0.15) is 0 Å². The smallest absolute Gasteiger partial charge is 0.0561 e. The first-order valence-electron chi connectivity index (χ1n) is 6.07. The Morgan fingerprint density at radius 3 is 2.67 bits per heavy atom. The van der Waals surface area contributed by atoms with E-state index in [-0.39, 0.29) is 0 Å². The van der Waals surface area contributed by atoms with Gasteiger partial charge >= 0.3 is 0 Å². The third-order valence-corrected chi connectivity index (χ3v) is 3.88. The normalized spacial score (nSPS) is 12.8. The molecule has 96 valence electrons. The fourth-order valence-corrected chi connectivity index (χ4v) is 2.80. The summed E-state index contributed by atoms with van der Waals surface area (Å²) in [4.78, 5) is 7.68. The van der Waals surface area contributed by atoms with E-state index >= 15 is 0 Å². The van der Waals surface area contributed by atoms with Crippen LogP contribution >= 0.6 is 11.3 Å². The number of thiophene rings is 1. The van der Waals surface area contributed by atoms with Crippen molar-refractivity contribution in [3.8, 4) is 0 Å². The number of pyridine rings is 1. The van der Waals surface area contributed by atoms with Crippen LogP contribution in [0.2, 0.25) is 0 Å². The van der Waals surface area contributed by atoms with E-state index in [2.05, 4.69) is 46.8 Å². The molecule has 0 aliphatic heterocycles. The second-order valence-electron chi connectivity index (χ2n) is 4.48. The Balaban J connectivity index is 1.87. The Morgan fingerprint density at radius 1 is 1.28 bits per heavy atom. The van der Waals surface area contributed by atoms with Crippen molar-refractivity contribution in [3.05, 3.63) is 52.5 Å². The van der Waals surface area contributed by atoms with E-state index < -0.39 is 0 Å². The molecule has 1 unspecified atom stereocenters. The van der Waals surface area contributed by atoms with Gasteiger partial charge in [-0.15, -0.1) is 11.3 Å². The topological polar surface area (TPSA) is 28.2 Å². The monoisotopic (exact) mass is 261 g/mol. The third-order valence-electron chi connectivity index (χ3n) is 2.91. The lowest BCUT2D eigenvalue weighted by atomic mass is 10.2. The lowest BCUT2D eigenvalue weighted by Gasteiger charge is -2.23. The molecule has 0 amide bonds. The van der Waals surface area contributed by atoms with Crippen LogP contribution in [0.5, 0.6) is 0 Å². The van der Waals surface area contributed by atoms with Crippen LogP contribution in [0.25, 0.3) is 0 Å². The molecule has 2 rings (SSSR count). The molecule has 2 aromatic heterocycles. The minimum absolute atomic E-state index is 0.437. The summed E-state index contributed by atoms with van der Waals surface area (Å²) < 4.78 is 0. The summed E-state index contributed by atoms with van der Waals surface area (Å²) in [7, 11) is 4.25. The standard InChI is InChI=1S/C14H19N3S/c1-17(2)13(14-4-3-9-18-14)11-16-10-12-5-7-15-8-6-12/h3-9,13,16H,10-11H2,1-2H3. The van der Waals surface area contributed by atoms with Crippen LogP contribution < -0.4 is 5.32 Å². The van der Waals surface area contributed by atoms with E-state index in [1.165, 1.54) is 10.4 Å². The first-order valence-corrected chi connectivity index (χ1v) is 6.95. The summed E-state index contributed by atoms with van der Waals surface area (Å²) in [6.07, 6.45) is 3.67. The van der Waals surface area contributed by atoms with Crippen LogP contribution in [0.4, 0.5) is 0 Å². The Labute approximate surface area is 112 Å². The number of nitrogens with zero attached hydrogens (tertiary/aromatic N) is 2. The summed E-state index contributed by atoms with van der Waals surface area (Å²) in [5, 5.41) is 5.64. The molecule has 0 aliphatic carbocycles. The first-order chi connectivity index (χ1) is 8.77. The van der Waals surface area contributed by atoms with Crippen molar-refractivity contribution in [2.75, 3.05) is 20.6 Å². The predicted octanol–water partition coefficient (Wildman–Crippen LogP) is 2.54. The molecule has 0 fully saturated rings. The van der Waals surface area contributed by atoms with Gasteiger partial charge in [-0.1, -0.05) is 6.07 Å². The Hall–Kier alpha value is -1.23. The molecule has 3 nitrogen and oxygen atoms in total. The van der Waals surface area contributed by atoms with Crippen LogP contribution in [-0.2, 0) is 6.54 Å². The molecule has 1 N–H and O–H groups in total. The van der Waals surface area contributed by atoms with E-state index in [1.807, 2.05) is 35.9 Å². The minimum atomic E-state index is 0.437. The van der Waals surface area contributed by atoms with Gasteiger partial charge in [0.05, 0.1) is 6.04 Å². The molecule has 4 heteroatoms. The van der Waals surface area contributed by atoms with Gasteiger partial charge in [0, 0.05) is 30.4 Å². The van der Waals surface area contributed by atoms with Crippen molar-refractivity contribution in [1.29, 1.82) is 0 Å². The molecule has 18 heavy (non-hydrogen) atoms.